The van der Waals surface area contributed by atoms with Crippen LogP contribution in [0.15, 0.2) is 66.0 Å². The molecule has 28 heavy (non-hydrogen) atoms. The topological polar surface area (TPSA) is 51.2 Å². The zero-order valence-corrected chi connectivity index (χ0v) is 16.5. The maximum atomic E-state index is 13.3. The Labute approximate surface area is 167 Å². The molecule has 0 aliphatic heterocycles. The number of rotatable bonds is 5. The maximum absolute atomic E-state index is 13.3. The molecule has 4 rings (SSSR count). The molecule has 1 aromatic heterocycles. The first kappa shape index (κ1) is 18.2. The third-order valence-corrected chi connectivity index (χ3v) is 5.26. The predicted molar refractivity (Wildman–Crippen MR) is 115 cm³/mol. The van der Waals surface area contributed by atoms with Gasteiger partial charge in [0.1, 0.15) is 5.75 Å². The highest BCUT2D eigenvalue weighted by molar-refractivity contribution is 7.09. The minimum Gasteiger partial charge on any atom is -0.493 e. The normalized spacial score (nSPS) is 10.8. The highest BCUT2D eigenvalue weighted by Crippen LogP contribution is 2.32. The van der Waals surface area contributed by atoms with Crippen LogP contribution in [0.2, 0.25) is 0 Å². The number of para-hydroxylation sites is 1. The largest absolute Gasteiger partial charge is 0.493 e. The van der Waals surface area contributed by atoms with E-state index >= 15 is 0 Å². The fraction of sp³-hybridized carbons (Fsp3) is 0.130. The molecule has 0 spiro atoms. The number of aromatic nitrogens is 1. The van der Waals surface area contributed by atoms with Gasteiger partial charge < -0.3 is 10.1 Å². The molecule has 1 heterocycles. The number of amides is 1. The van der Waals surface area contributed by atoms with Crippen LogP contribution in [0.5, 0.6) is 5.75 Å². The van der Waals surface area contributed by atoms with Gasteiger partial charge in [-0.3, -0.25) is 4.79 Å². The molecular formula is C23H20N2O2S. The SMILES string of the molecule is CCOc1ccc2ccccc2c1C(=O)Nc1ccccc1-c1csc(C)n1. The summed E-state index contributed by atoms with van der Waals surface area (Å²) in [6, 6.07) is 19.4. The summed E-state index contributed by atoms with van der Waals surface area (Å²) in [6.07, 6.45) is 0. The van der Waals surface area contributed by atoms with E-state index in [0.717, 1.165) is 32.7 Å². The van der Waals surface area contributed by atoms with Crippen molar-refractivity contribution in [2.75, 3.05) is 11.9 Å². The van der Waals surface area contributed by atoms with E-state index in [1.54, 1.807) is 11.3 Å². The highest BCUT2D eigenvalue weighted by atomic mass is 32.1. The summed E-state index contributed by atoms with van der Waals surface area (Å²) < 4.78 is 5.75. The highest BCUT2D eigenvalue weighted by Gasteiger charge is 2.18. The molecule has 0 aliphatic rings. The molecule has 0 unspecified atom stereocenters. The Morgan fingerprint density at radius 2 is 1.86 bits per heavy atom. The molecule has 0 atom stereocenters. The van der Waals surface area contributed by atoms with Crippen LogP contribution >= 0.6 is 11.3 Å². The Morgan fingerprint density at radius 3 is 2.64 bits per heavy atom. The second kappa shape index (κ2) is 7.82. The molecular weight excluding hydrogens is 368 g/mol. The zero-order valence-electron chi connectivity index (χ0n) is 15.7. The van der Waals surface area contributed by atoms with Gasteiger partial charge in [-0.2, -0.15) is 0 Å². The standard InChI is InChI=1S/C23H20N2O2S/c1-3-27-21-13-12-16-8-4-5-9-17(16)22(21)23(26)25-19-11-7-6-10-18(19)20-14-28-15(2)24-20/h4-14H,3H2,1-2H3,(H,25,26). The summed E-state index contributed by atoms with van der Waals surface area (Å²) in [5.74, 6) is 0.389. The predicted octanol–water partition coefficient (Wildman–Crippen LogP) is 5.92. The van der Waals surface area contributed by atoms with Crippen molar-refractivity contribution in [3.05, 3.63) is 76.6 Å². The first-order valence-electron chi connectivity index (χ1n) is 9.15. The van der Waals surface area contributed by atoms with E-state index in [1.165, 1.54) is 0 Å². The summed E-state index contributed by atoms with van der Waals surface area (Å²) in [5.41, 5.74) is 3.04. The van der Waals surface area contributed by atoms with Crippen LogP contribution in [0.25, 0.3) is 22.0 Å². The van der Waals surface area contributed by atoms with Gasteiger partial charge in [-0.25, -0.2) is 4.98 Å². The van der Waals surface area contributed by atoms with Gasteiger partial charge in [-0.1, -0.05) is 48.5 Å². The van der Waals surface area contributed by atoms with Gasteiger partial charge in [-0.15, -0.1) is 11.3 Å². The molecule has 0 aliphatic carbocycles. The molecule has 1 amide bonds. The van der Waals surface area contributed by atoms with Crippen LogP contribution in [-0.2, 0) is 0 Å². The van der Waals surface area contributed by atoms with Crippen molar-refractivity contribution in [3.8, 4) is 17.0 Å². The average Bonchev–Trinajstić information content (AvgIpc) is 3.14. The monoisotopic (exact) mass is 388 g/mol. The molecule has 0 fully saturated rings. The molecule has 140 valence electrons. The Balaban J connectivity index is 1.77. The van der Waals surface area contributed by atoms with Gasteiger partial charge in [0.25, 0.3) is 5.91 Å². The van der Waals surface area contributed by atoms with Crippen molar-refractivity contribution in [1.82, 2.24) is 4.98 Å². The average molecular weight is 388 g/mol. The van der Waals surface area contributed by atoms with Gasteiger partial charge in [0, 0.05) is 10.9 Å². The second-order valence-electron chi connectivity index (χ2n) is 6.34. The third-order valence-electron chi connectivity index (χ3n) is 4.49. The zero-order chi connectivity index (χ0) is 19.5. The molecule has 0 saturated carbocycles. The van der Waals surface area contributed by atoms with Crippen molar-refractivity contribution in [3.63, 3.8) is 0 Å². The summed E-state index contributed by atoms with van der Waals surface area (Å²) in [7, 11) is 0. The molecule has 5 heteroatoms. The number of aryl methyl sites for hydroxylation is 1. The molecule has 0 bridgehead atoms. The van der Waals surface area contributed by atoms with Crippen LogP contribution in [0.4, 0.5) is 5.69 Å². The van der Waals surface area contributed by atoms with Crippen molar-refractivity contribution < 1.29 is 9.53 Å². The number of nitrogens with zero attached hydrogens (tertiary/aromatic N) is 1. The third kappa shape index (κ3) is 3.49. The lowest BCUT2D eigenvalue weighted by atomic mass is 10.0. The second-order valence-corrected chi connectivity index (χ2v) is 7.41. The number of anilines is 1. The van der Waals surface area contributed by atoms with Crippen LogP contribution in [0.1, 0.15) is 22.3 Å². The number of thiazole rings is 1. The number of fused-ring (bicyclic) bond motifs is 1. The number of carbonyl (C=O) groups is 1. The lowest BCUT2D eigenvalue weighted by Crippen LogP contribution is -2.15. The molecule has 4 nitrogen and oxygen atoms in total. The Bertz CT molecular complexity index is 1150. The number of nitrogens with one attached hydrogen (secondary N) is 1. The number of hydrogen-bond donors (Lipinski definition) is 1. The minimum absolute atomic E-state index is 0.195. The van der Waals surface area contributed by atoms with Crippen LogP contribution in [0, 0.1) is 6.92 Å². The van der Waals surface area contributed by atoms with Gasteiger partial charge in [0.2, 0.25) is 0 Å². The van der Waals surface area contributed by atoms with E-state index in [-0.39, 0.29) is 5.91 Å². The van der Waals surface area contributed by atoms with Crippen LogP contribution < -0.4 is 10.1 Å². The summed E-state index contributed by atoms with van der Waals surface area (Å²) in [5, 5.41) is 7.93. The lowest BCUT2D eigenvalue weighted by Gasteiger charge is -2.15. The number of benzene rings is 3. The van der Waals surface area contributed by atoms with E-state index in [4.69, 9.17) is 4.74 Å². The summed E-state index contributed by atoms with van der Waals surface area (Å²) in [4.78, 5) is 17.9. The van der Waals surface area contributed by atoms with Gasteiger partial charge in [-0.05, 0) is 36.8 Å². The molecule has 0 radical (unpaired) electrons. The van der Waals surface area contributed by atoms with E-state index in [0.29, 0.717) is 17.9 Å². The fourth-order valence-electron chi connectivity index (χ4n) is 3.25. The summed E-state index contributed by atoms with van der Waals surface area (Å²) in [6.45, 7) is 4.38. The Morgan fingerprint density at radius 1 is 1.07 bits per heavy atom. The Kier molecular flexibility index (Phi) is 5.08. The van der Waals surface area contributed by atoms with Crippen LogP contribution in [-0.4, -0.2) is 17.5 Å². The quantitative estimate of drug-likeness (QED) is 0.461. The first-order chi connectivity index (χ1) is 13.7. The fourth-order valence-corrected chi connectivity index (χ4v) is 3.86. The summed E-state index contributed by atoms with van der Waals surface area (Å²) >= 11 is 1.59. The molecule has 0 saturated heterocycles. The van der Waals surface area contributed by atoms with Gasteiger partial charge in [0.15, 0.2) is 0 Å². The smallest absolute Gasteiger partial charge is 0.260 e. The van der Waals surface area contributed by atoms with E-state index < -0.39 is 0 Å². The van der Waals surface area contributed by atoms with E-state index in [2.05, 4.69) is 10.3 Å². The molecule has 1 N–H and O–H groups in total. The van der Waals surface area contributed by atoms with Crippen molar-refractivity contribution >= 4 is 33.7 Å². The van der Waals surface area contributed by atoms with E-state index in [9.17, 15) is 4.79 Å². The Hall–Kier alpha value is -3.18. The van der Waals surface area contributed by atoms with Crippen molar-refractivity contribution in [1.29, 1.82) is 0 Å². The van der Waals surface area contributed by atoms with Gasteiger partial charge in [0.05, 0.1) is 28.6 Å². The first-order valence-corrected chi connectivity index (χ1v) is 10.0. The van der Waals surface area contributed by atoms with Crippen molar-refractivity contribution in [2.45, 2.75) is 13.8 Å². The van der Waals surface area contributed by atoms with Gasteiger partial charge >= 0.3 is 0 Å². The lowest BCUT2D eigenvalue weighted by molar-refractivity contribution is 0.102. The number of carbonyl (C=O) groups excluding carboxylic acids is 1. The van der Waals surface area contributed by atoms with E-state index in [1.807, 2.05) is 79.9 Å². The van der Waals surface area contributed by atoms with Crippen molar-refractivity contribution in [2.24, 2.45) is 0 Å². The minimum atomic E-state index is -0.195. The number of ether oxygens (including phenoxy) is 1. The number of hydrogen-bond acceptors (Lipinski definition) is 4. The molecule has 4 aromatic rings. The molecule has 3 aromatic carbocycles. The van der Waals surface area contributed by atoms with Crippen LogP contribution in [0.3, 0.4) is 0 Å². The maximum Gasteiger partial charge on any atom is 0.260 e.